The van der Waals surface area contributed by atoms with Gasteiger partial charge in [0.2, 0.25) is 0 Å². The average molecular weight is 447 g/mol. The first-order valence-corrected chi connectivity index (χ1v) is 10.2. The van der Waals surface area contributed by atoms with Crippen molar-refractivity contribution < 1.29 is 4.74 Å². The Morgan fingerprint density at radius 3 is 2.92 bits per heavy atom. The highest BCUT2D eigenvalue weighted by molar-refractivity contribution is 9.10. The maximum atomic E-state index is 6.22. The van der Waals surface area contributed by atoms with Gasteiger partial charge < -0.3 is 15.8 Å². The molecule has 0 bridgehead atoms. The number of pyridine rings is 1. The standard InChI is InChI=1S/C16H17BrClN3OS2/c1-8(19)14(22-2)16-12(17)13-15(24-16)10(6-11(18)21-13)20-7-9-4-3-5-23-9/h3-6,8,14H,7,19H2,1-2H3,(H,20,21). The average Bonchev–Trinajstić information content (AvgIpc) is 3.15. The van der Waals surface area contributed by atoms with Gasteiger partial charge in [-0.3, -0.25) is 0 Å². The summed E-state index contributed by atoms with van der Waals surface area (Å²) >= 11 is 13.2. The first-order valence-electron chi connectivity index (χ1n) is 7.34. The number of hydrogen-bond acceptors (Lipinski definition) is 6. The lowest BCUT2D eigenvalue weighted by molar-refractivity contribution is 0.0878. The molecule has 0 spiro atoms. The Hall–Kier alpha value is -0.700. The number of nitrogens with one attached hydrogen (secondary N) is 1. The summed E-state index contributed by atoms with van der Waals surface area (Å²) in [6.45, 7) is 2.68. The number of thiophene rings is 2. The Bertz CT molecular complexity index is 836. The predicted octanol–water partition coefficient (Wildman–Crippen LogP) is 5.42. The van der Waals surface area contributed by atoms with Gasteiger partial charge in [-0.15, -0.1) is 22.7 Å². The number of ether oxygens (including phenoxy) is 1. The SMILES string of the molecule is COC(c1sc2c(NCc3cccs3)cc(Cl)nc2c1Br)C(C)N. The molecule has 0 saturated heterocycles. The maximum absolute atomic E-state index is 6.22. The van der Waals surface area contributed by atoms with E-state index < -0.39 is 0 Å². The van der Waals surface area contributed by atoms with E-state index in [0.717, 1.165) is 31.8 Å². The van der Waals surface area contributed by atoms with Gasteiger partial charge in [0.05, 0.1) is 25.3 Å². The molecule has 0 amide bonds. The second-order valence-electron chi connectivity index (χ2n) is 5.40. The topological polar surface area (TPSA) is 60.2 Å². The van der Waals surface area contributed by atoms with Crippen LogP contribution in [0.4, 0.5) is 5.69 Å². The Labute approximate surface area is 162 Å². The fraction of sp³-hybridized carbons (Fsp3) is 0.312. The van der Waals surface area contributed by atoms with Gasteiger partial charge in [0.15, 0.2) is 0 Å². The zero-order chi connectivity index (χ0) is 17.3. The van der Waals surface area contributed by atoms with Crippen molar-refractivity contribution in [2.24, 2.45) is 5.73 Å². The fourth-order valence-corrected chi connectivity index (χ4v) is 5.54. The molecule has 128 valence electrons. The molecule has 0 radical (unpaired) electrons. The zero-order valence-electron chi connectivity index (χ0n) is 13.2. The number of nitrogens with zero attached hydrogens (tertiary/aromatic N) is 1. The summed E-state index contributed by atoms with van der Waals surface area (Å²) in [5, 5.41) is 5.98. The zero-order valence-corrected chi connectivity index (χ0v) is 17.2. The third-order valence-corrected chi connectivity index (χ3v) is 7.01. The molecule has 0 aromatic carbocycles. The van der Waals surface area contributed by atoms with Gasteiger partial charge in [-0.25, -0.2) is 4.98 Å². The summed E-state index contributed by atoms with van der Waals surface area (Å²) in [7, 11) is 1.67. The number of fused-ring (bicyclic) bond motifs is 1. The highest BCUT2D eigenvalue weighted by Crippen LogP contribution is 2.43. The van der Waals surface area contributed by atoms with E-state index in [1.807, 2.05) is 19.1 Å². The van der Waals surface area contributed by atoms with E-state index in [0.29, 0.717) is 5.15 Å². The monoisotopic (exact) mass is 445 g/mol. The summed E-state index contributed by atoms with van der Waals surface area (Å²) in [4.78, 5) is 6.76. The smallest absolute Gasteiger partial charge is 0.131 e. The molecule has 3 aromatic heterocycles. The van der Waals surface area contributed by atoms with Crippen LogP contribution in [0.15, 0.2) is 28.1 Å². The van der Waals surface area contributed by atoms with Crippen molar-refractivity contribution in [1.82, 2.24) is 4.98 Å². The van der Waals surface area contributed by atoms with Crippen LogP contribution in [0.3, 0.4) is 0 Å². The number of hydrogen-bond donors (Lipinski definition) is 2. The van der Waals surface area contributed by atoms with Gasteiger partial charge in [0, 0.05) is 30.6 Å². The fourth-order valence-electron chi connectivity index (χ4n) is 2.50. The van der Waals surface area contributed by atoms with Crippen LogP contribution in [0.1, 0.15) is 22.8 Å². The molecule has 2 unspecified atom stereocenters. The summed E-state index contributed by atoms with van der Waals surface area (Å²) in [6.07, 6.45) is -0.192. The van der Waals surface area contributed by atoms with E-state index in [2.05, 4.69) is 37.7 Å². The number of aromatic nitrogens is 1. The molecule has 0 aliphatic carbocycles. The summed E-state index contributed by atoms with van der Waals surface area (Å²) in [5.74, 6) is 0. The van der Waals surface area contributed by atoms with Crippen molar-refractivity contribution in [3.05, 3.63) is 43.0 Å². The van der Waals surface area contributed by atoms with E-state index in [1.165, 1.54) is 4.88 Å². The Morgan fingerprint density at radius 2 is 2.29 bits per heavy atom. The lowest BCUT2D eigenvalue weighted by Crippen LogP contribution is -2.25. The summed E-state index contributed by atoms with van der Waals surface area (Å²) < 4.78 is 7.51. The molecule has 0 aliphatic heterocycles. The number of halogens is 2. The molecule has 24 heavy (non-hydrogen) atoms. The largest absolute Gasteiger partial charge is 0.379 e. The summed E-state index contributed by atoms with van der Waals surface area (Å²) in [5.41, 5.74) is 7.86. The maximum Gasteiger partial charge on any atom is 0.131 e. The van der Waals surface area contributed by atoms with Crippen LogP contribution >= 0.6 is 50.2 Å². The van der Waals surface area contributed by atoms with Gasteiger partial charge in [-0.2, -0.15) is 0 Å². The first-order chi connectivity index (χ1) is 11.5. The molecule has 8 heteroatoms. The Balaban J connectivity index is 2.03. The number of anilines is 1. The highest BCUT2D eigenvalue weighted by atomic mass is 79.9. The quantitative estimate of drug-likeness (QED) is 0.496. The van der Waals surface area contributed by atoms with Gasteiger partial charge >= 0.3 is 0 Å². The molecule has 3 heterocycles. The van der Waals surface area contributed by atoms with Crippen LogP contribution in [0.2, 0.25) is 5.15 Å². The molecule has 3 rings (SSSR count). The van der Waals surface area contributed by atoms with Crippen LogP contribution < -0.4 is 11.1 Å². The minimum atomic E-state index is -0.192. The first kappa shape index (κ1) is 18.1. The second kappa shape index (κ2) is 7.68. The van der Waals surface area contributed by atoms with Crippen molar-refractivity contribution in [2.45, 2.75) is 25.6 Å². The van der Waals surface area contributed by atoms with E-state index in [1.54, 1.807) is 29.8 Å². The van der Waals surface area contributed by atoms with E-state index in [9.17, 15) is 0 Å². The van der Waals surface area contributed by atoms with Crippen LogP contribution in [0.25, 0.3) is 10.2 Å². The third-order valence-electron chi connectivity index (χ3n) is 3.60. The van der Waals surface area contributed by atoms with Crippen LogP contribution in [-0.2, 0) is 11.3 Å². The van der Waals surface area contributed by atoms with E-state index >= 15 is 0 Å². The molecule has 0 saturated carbocycles. The second-order valence-corrected chi connectivity index (χ2v) is 8.66. The molecule has 3 N–H and O–H groups in total. The third kappa shape index (κ3) is 3.61. The molecule has 2 atom stereocenters. The molecule has 3 aromatic rings. The van der Waals surface area contributed by atoms with Crippen LogP contribution in [0.5, 0.6) is 0 Å². The lowest BCUT2D eigenvalue weighted by atomic mass is 10.1. The molecular weight excluding hydrogens is 430 g/mol. The number of methoxy groups -OCH3 is 1. The van der Waals surface area contributed by atoms with Crippen molar-refractivity contribution >= 4 is 66.1 Å². The highest BCUT2D eigenvalue weighted by Gasteiger charge is 2.24. The molecule has 0 fully saturated rings. The Kier molecular flexibility index (Phi) is 5.79. The van der Waals surface area contributed by atoms with Crippen molar-refractivity contribution in [2.75, 3.05) is 12.4 Å². The normalized spacial score (nSPS) is 14.0. The van der Waals surface area contributed by atoms with Crippen molar-refractivity contribution in [3.8, 4) is 0 Å². The predicted molar refractivity (Wildman–Crippen MR) is 107 cm³/mol. The van der Waals surface area contributed by atoms with Crippen LogP contribution in [-0.4, -0.2) is 18.1 Å². The minimum absolute atomic E-state index is 0.127. The van der Waals surface area contributed by atoms with Gasteiger partial charge in [-0.05, 0) is 34.3 Å². The van der Waals surface area contributed by atoms with Crippen molar-refractivity contribution in [3.63, 3.8) is 0 Å². The lowest BCUT2D eigenvalue weighted by Gasteiger charge is -2.17. The van der Waals surface area contributed by atoms with Gasteiger partial charge in [0.1, 0.15) is 11.3 Å². The van der Waals surface area contributed by atoms with E-state index in [4.69, 9.17) is 22.1 Å². The molecule has 4 nitrogen and oxygen atoms in total. The van der Waals surface area contributed by atoms with Crippen molar-refractivity contribution in [1.29, 1.82) is 0 Å². The minimum Gasteiger partial charge on any atom is -0.379 e. The summed E-state index contributed by atoms with van der Waals surface area (Å²) in [6, 6.07) is 5.88. The number of nitrogens with two attached hydrogens (primary N) is 1. The van der Waals surface area contributed by atoms with E-state index in [-0.39, 0.29) is 12.1 Å². The van der Waals surface area contributed by atoms with Crippen LogP contribution in [0, 0.1) is 0 Å². The van der Waals surface area contributed by atoms with Gasteiger partial charge in [0.25, 0.3) is 0 Å². The molecule has 0 aliphatic rings. The Morgan fingerprint density at radius 1 is 1.50 bits per heavy atom. The van der Waals surface area contributed by atoms with Gasteiger partial charge in [-0.1, -0.05) is 17.7 Å². The number of rotatable bonds is 6. The molecular formula is C16H17BrClN3OS2.